The van der Waals surface area contributed by atoms with Gasteiger partial charge in [0.05, 0.1) is 13.5 Å². The van der Waals surface area contributed by atoms with Crippen molar-refractivity contribution in [2.24, 2.45) is 0 Å². The summed E-state index contributed by atoms with van der Waals surface area (Å²) in [4.78, 5) is 16.7. The van der Waals surface area contributed by atoms with E-state index in [4.69, 9.17) is 4.74 Å². The number of hydrogen-bond acceptors (Lipinski definition) is 4. The number of hydrogen-bond donors (Lipinski definition) is 0. The van der Waals surface area contributed by atoms with E-state index >= 15 is 0 Å². The number of likely N-dealkylation sites (tertiary alicyclic amines) is 1. The number of para-hydroxylation sites is 1. The third kappa shape index (κ3) is 7.05. The summed E-state index contributed by atoms with van der Waals surface area (Å²) in [6.07, 6.45) is 4.45. The summed E-state index contributed by atoms with van der Waals surface area (Å²) >= 11 is 0. The Morgan fingerprint density at radius 2 is 1.73 bits per heavy atom. The minimum absolute atomic E-state index is 0. The van der Waals surface area contributed by atoms with Gasteiger partial charge in [0.1, 0.15) is 0 Å². The molecule has 0 atom stereocenters. The van der Waals surface area contributed by atoms with Crippen LogP contribution in [0.15, 0.2) is 61.2 Å². The first-order valence-corrected chi connectivity index (χ1v) is 10.0. The van der Waals surface area contributed by atoms with E-state index in [-0.39, 0.29) is 30.8 Å². The van der Waals surface area contributed by atoms with Crippen LogP contribution in [0.3, 0.4) is 0 Å². The summed E-state index contributed by atoms with van der Waals surface area (Å²) in [7, 11) is 1.45. The van der Waals surface area contributed by atoms with Gasteiger partial charge in [-0.2, -0.15) is 0 Å². The van der Waals surface area contributed by atoms with Gasteiger partial charge >= 0.3 is 5.97 Å². The molecule has 0 N–H and O–H groups in total. The van der Waals surface area contributed by atoms with Crippen molar-refractivity contribution in [2.75, 3.05) is 31.6 Å². The van der Waals surface area contributed by atoms with Crippen molar-refractivity contribution in [3.8, 4) is 0 Å². The fourth-order valence-electron chi connectivity index (χ4n) is 3.97. The maximum Gasteiger partial charge on any atom is 0.307 e. The molecule has 0 bridgehead atoms. The Morgan fingerprint density at radius 1 is 1.10 bits per heavy atom. The van der Waals surface area contributed by atoms with Crippen molar-refractivity contribution in [3.05, 3.63) is 72.3 Å². The first kappa shape index (κ1) is 26.0. The molecule has 6 heteroatoms. The SMILES string of the molecule is C=Cc1ccccc1N(CCC(=O)OC)C1CCN(Cc2ccccc2)CC1.Cl.Cl. The maximum absolute atomic E-state index is 11.8. The molecule has 0 spiro atoms. The van der Waals surface area contributed by atoms with Gasteiger partial charge < -0.3 is 9.64 Å². The number of carbonyl (C=O) groups is 1. The van der Waals surface area contributed by atoms with E-state index in [1.54, 1.807) is 0 Å². The molecule has 30 heavy (non-hydrogen) atoms. The third-order valence-corrected chi connectivity index (χ3v) is 5.50. The van der Waals surface area contributed by atoms with Crippen molar-refractivity contribution < 1.29 is 9.53 Å². The highest BCUT2D eigenvalue weighted by atomic mass is 35.5. The number of esters is 1. The maximum atomic E-state index is 11.8. The van der Waals surface area contributed by atoms with Crippen LogP contribution in [0, 0.1) is 0 Å². The molecule has 0 unspecified atom stereocenters. The predicted molar refractivity (Wildman–Crippen MR) is 130 cm³/mol. The van der Waals surface area contributed by atoms with E-state index in [0.717, 1.165) is 43.7 Å². The van der Waals surface area contributed by atoms with Gasteiger partial charge in [0.25, 0.3) is 0 Å². The quantitative estimate of drug-likeness (QED) is 0.516. The van der Waals surface area contributed by atoms with Gasteiger partial charge in [-0.25, -0.2) is 0 Å². The molecule has 0 aromatic heterocycles. The van der Waals surface area contributed by atoms with Crippen LogP contribution in [0.4, 0.5) is 5.69 Å². The fraction of sp³-hybridized carbons (Fsp3) is 0.375. The van der Waals surface area contributed by atoms with Gasteiger partial charge in [0, 0.05) is 37.9 Å². The van der Waals surface area contributed by atoms with E-state index in [1.807, 2.05) is 12.1 Å². The first-order chi connectivity index (χ1) is 13.7. The summed E-state index contributed by atoms with van der Waals surface area (Å²) < 4.78 is 4.87. The lowest BCUT2D eigenvalue weighted by molar-refractivity contribution is -0.140. The normalized spacial score (nSPS) is 14.2. The molecule has 1 heterocycles. The highest BCUT2D eigenvalue weighted by Crippen LogP contribution is 2.28. The molecule has 164 valence electrons. The molecule has 1 aliphatic rings. The smallest absolute Gasteiger partial charge is 0.307 e. The Morgan fingerprint density at radius 3 is 2.37 bits per heavy atom. The van der Waals surface area contributed by atoms with Gasteiger partial charge in [-0.1, -0.05) is 61.2 Å². The second-order valence-corrected chi connectivity index (χ2v) is 7.28. The Labute approximate surface area is 192 Å². The number of rotatable bonds is 8. The lowest BCUT2D eigenvalue weighted by Gasteiger charge is -2.40. The molecule has 1 saturated heterocycles. The van der Waals surface area contributed by atoms with Gasteiger partial charge in [0.15, 0.2) is 0 Å². The predicted octanol–water partition coefficient (Wildman–Crippen LogP) is 5.21. The molecule has 1 fully saturated rings. The lowest BCUT2D eigenvalue weighted by atomic mass is 10.00. The summed E-state index contributed by atoms with van der Waals surface area (Å²) in [6.45, 7) is 7.75. The molecular weight excluding hydrogens is 419 g/mol. The minimum Gasteiger partial charge on any atom is -0.469 e. The van der Waals surface area contributed by atoms with Crippen LogP contribution in [-0.4, -0.2) is 43.7 Å². The number of methoxy groups -OCH3 is 1. The minimum atomic E-state index is -0.164. The molecule has 2 aromatic carbocycles. The van der Waals surface area contributed by atoms with E-state index < -0.39 is 0 Å². The van der Waals surface area contributed by atoms with Crippen molar-refractivity contribution in [1.82, 2.24) is 4.90 Å². The largest absolute Gasteiger partial charge is 0.469 e. The molecule has 2 aromatic rings. The van der Waals surface area contributed by atoms with E-state index in [2.05, 4.69) is 64.9 Å². The van der Waals surface area contributed by atoms with Crippen LogP contribution < -0.4 is 4.90 Å². The topological polar surface area (TPSA) is 32.8 Å². The van der Waals surface area contributed by atoms with Crippen molar-refractivity contribution in [1.29, 1.82) is 0 Å². The van der Waals surface area contributed by atoms with E-state index in [1.165, 1.54) is 12.7 Å². The fourth-order valence-corrected chi connectivity index (χ4v) is 3.97. The number of halogens is 2. The third-order valence-electron chi connectivity index (χ3n) is 5.50. The van der Waals surface area contributed by atoms with Crippen LogP contribution in [0.25, 0.3) is 6.08 Å². The number of piperidine rings is 1. The Kier molecular flexibility index (Phi) is 11.6. The first-order valence-electron chi connectivity index (χ1n) is 10.0. The number of carbonyl (C=O) groups excluding carboxylic acids is 1. The van der Waals surface area contributed by atoms with Crippen molar-refractivity contribution >= 4 is 42.5 Å². The van der Waals surface area contributed by atoms with E-state index in [0.29, 0.717) is 19.0 Å². The zero-order valence-electron chi connectivity index (χ0n) is 17.5. The van der Waals surface area contributed by atoms with E-state index in [9.17, 15) is 4.79 Å². The average molecular weight is 451 g/mol. The second kappa shape index (κ2) is 13.3. The monoisotopic (exact) mass is 450 g/mol. The van der Waals surface area contributed by atoms with Crippen LogP contribution in [0.1, 0.15) is 30.4 Å². The van der Waals surface area contributed by atoms with Crippen molar-refractivity contribution in [3.63, 3.8) is 0 Å². The van der Waals surface area contributed by atoms with Crippen LogP contribution in [0.5, 0.6) is 0 Å². The number of ether oxygens (including phenoxy) is 1. The zero-order chi connectivity index (χ0) is 19.8. The molecule has 4 nitrogen and oxygen atoms in total. The molecule has 0 amide bonds. The molecule has 1 aliphatic heterocycles. The van der Waals surface area contributed by atoms with Gasteiger partial charge in [0.2, 0.25) is 0 Å². The number of anilines is 1. The summed E-state index contributed by atoms with van der Waals surface area (Å²) in [5.74, 6) is -0.164. The van der Waals surface area contributed by atoms with Crippen molar-refractivity contribution in [2.45, 2.75) is 31.8 Å². The van der Waals surface area contributed by atoms with Gasteiger partial charge in [-0.3, -0.25) is 9.69 Å². The molecule has 3 rings (SSSR count). The summed E-state index contributed by atoms with van der Waals surface area (Å²) in [5, 5.41) is 0. The molecule has 0 saturated carbocycles. The number of nitrogens with zero attached hydrogens (tertiary/aromatic N) is 2. The highest BCUT2D eigenvalue weighted by molar-refractivity contribution is 5.85. The molecule has 0 aliphatic carbocycles. The average Bonchev–Trinajstić information content (AvgIpc) is 2.75. The van der Waals surface area contributed by atoms with Gasteiger partial charge in [-0.05, 0) is 30.0 Å². The molecular formula is C24H32Cl2N2O2. The Balaban J connectivity index is 0.00000225. The van der Waals surface area contributed by atoms with Crippen LogP contribution in [0.2, 0.25) is 0 Å². The van der Waals surface area contributed by atoms with Gasteiger partial charge in [-0.15, -0.1) is 24.8 Å². The summed E-state index contributed by atoms with van der Waals surface area (Å²) in [6, 6.07) is 19.3. The van der Waals surface area contributed by atoms with Crippen LogP contribution >= 0.6 is 24.8 Å². The number of benzene rings is 2. The zero-order valence-corrected chi connectivity index (χ0v) is 19.2. The molecule has 0 radical (unpaired) electrons. The Bertz CT molecular complexity index is 778. The summed E-state index contributed by atoms with van der Waals surface area (Å²) in [5.41, 5.74) is 3.63. The second-order valence-electron chi connectivity index (χ2n) is 7.28. The standard InChI is InChI=1S/C24H30N2O2.2ClH/c1-3-21-11-7-8-12-23(21)26(18-15-24(27)28-2)22-13-16-25(17-14-22)19-20-9-5-4-6-10-20;;/h3-12,22H,1,13-19H2,2H3;2*1H. The van der Waals surface area contributed by atoms with Crippen LogP contribution in [-0.2, 0) is 16.1 Å². The Hall–Kier alpha value is -2.01. The lowest BCUT2D eigenvalue weighted by Crippen LogP contribution is -2.45. The highest BCUT2D eigenvalue weighted by Gasteiger charge is 2.26.